The van der Waals surface area contributed by atoms with E-state index in [4.69, 9.17) is 0 Å². The maximum atomic E-state index is 3.53. The first-order valence-electron chi connectivity index (χ1n) is 8.18. The summed E-state index contributed by atoms with van der Waals surface area (Å²) in [7, 11) is 2.10. The highest BCUT2D eigenvalue weighted by atomic mass is 14.9. The van der Waals surface area contributed by atoms with Crippen molar-refractivity contribution in [2.45, 2.75) is 65.8 Å². The second-order valence-corrected chi connectivity index (χ2v) is 7.83. The molecule has 2 rings (SSSR count). The summed E-state index contributed by atoms with van der Waals surface area (Å²) in [6.07, 6.45) is 6.41. The molecule has 1 aliphatic carbocycles. The van der Waals surface area contributed by atoms with Gasteiger partial charge < -0.3 is 5.32 Å². The summed E-state index contributed by atoms with van der Waals surface area (Å²) < 4.78 is 0. The Morgan fingerprint density at radius 2 is 1.85 bits per heavy atom. The summed E-state index contributed by atoms with van der Waals surface area (Å²) in [5.41, 5.74) is 5.07. The summed E-state index contributed by atoms with van der Waals surface area (Å²) in [5.74, 6) is 0.751. The van der Waals surface area contributed by atoms with Gasteiger partial charge in [-0.2, -0.15) is 0 Å². The molecule has 20 heavy (non-hydrogen) atoms. The zero-order valence-electron chi connectivity index (χ0n) is 13.9. The Kier molecular flexibility index (Phi) is 4.90. The van der Waals surface area contributed by atoms with E-state index in [1.807, 2.05) is 0 Å². The average molecular weight is 273 g/mol. The number of benzene rings is 1. The van der Waals surface area contributed by atoms with E-state index in [9.17, 15) is 0 Å². The van der Waals surface area contributed by atoms with Crippen LogP contribution in [0.15, 0.2) is 18.2 Å². The molecule has 0 spiro atoms. The summed E-state index contributed by atoms with van der Waals surface area (Å²) >= 11 is 0. The molecule has 0 saturated carbocycles. The van der Waals surface area contributed by atoms with Gasteiger partial charge in [-0.3, -0.25) is 0 Å². The summed E-state index contributed by atoms with van der Waals surface area (Å²) in [5, 5.41) is 3.53. The molecule has 0 aliphatic heterocycles. The van der Waals surface area contributed by atoms with Gasteiger partial charge in [-0.25, -0.2) is 0 Å². The third-order valence-corrected chi connectivity index (χ3v) is 4.47. The minimum absolute atomic E-state index is 0.426. The van der Waals surface area contributed by atoms with Crippen LogP contribution < -0.4 is 5.32 Å². The molecule has 112 valence electrons. The molecule has 0 aromatic heterocycles. The maximum Gasteiger partial charge on any atom is 0.0320 e. The van der Waals surface area contributed by atoms with Crippen molar-refractivity contribution in [3.63, 3.8) is 0 Å². The smallest absolute Gasteiger partial charge is 0.0320 e. The predicted octanol–water partition coefficient (Wildman–Crippen LogP) is 4.90. The molecule has 1 aromatic rings. The molecule has 1 aliphatic rings. The van der Waals surface area contributed by atoms with Crippen LogP contribution in [0.3, 0.4) is 0 Å². The van der Waals surface area contributed by atoms with E-state index in [0.717, 1.165) is 5.92 Å². The van der Waals surface area contributed by atoms with Crippen molar-refractivity contribution in [3.05, 3.63) is 34.9 Å². The highest BCUT2D eigenvalue weighted by Gasteiger charge is 2.20. The van der Waals surface area contributed by atoms with E-state index in [-0.39, 0.29) is 0 Å². The predicted molar refractivity (Wildman–Crippen MR) is 88.1 cm³/mol. The van der Waals surface area contributed by atoms with Gasteiger partial charge in [0.1, 0.15) is 0 Å². The minimum atomic E-state index is 0.426. The number of aryl methyl sites for hydroxylation is 2. The van der Waals surface area contributed by atoms with E-state index >= 15 is 0 Å². The van der Waals surface area contributed by atoms with Crippen LogP contribution in [0.25, 0.3) is 0 Å². The molecule has 1 N–H and O–H groups in total. The number of nitrogens with one attached hydrogen (secondary N) is 1. The molecule has 0 radical (unpaired) electrons. The van der Waals surface area contributed by atoms with Crippen LogP contribution in [-0.4, -0.2) is 7.05 Å². The van der Waals surface area contributed by atoms with Crippen molar-refractivity contribution < 1.29 is 0 Å². The fourth-order valence-electron chi connectivity index (χ4n) is 3.76. The van der Waals surface area contributed by atoms with Gasteiger partial charge in [0, 0.05) is 6.04 Å². The Bertz CT molecular complexity index is 442. The first-order valence-corrected chi connectivity index (χ1v) is 8.18. The highest BCUT2D eigenvalue weighted by Crippen LogP contribution is 2.32. The standard InChI is InChI=1S/C19H31N/c1-14(13-19(2,3)4)11-18(20-5)17-10-9-15-7-6-8-16(15)12-17/h9-10,12,14,18,20H,6-8,11,13H2,1-5H3. The lowest BCUT2D eigenvalue weighted by Gasteiger charge is -2.27. The van der Waals surface area contributed by atoms with Crippen molar-refractivity contribution in [2.24, 2.45) is 11.3 Å². The van der Waals surface area contributed by atoms with Crippen LogP contribution in [0.2, 0.25) is 0 Å². The van der Waals surface area contributed by atoms with Gasteiger partial charge in [0.25, 0.3) is 0 Å². The van der Waals surface area contributed by atoms with Gasteiger partial charge in [0.15, 0.2) is 0 Å². The summed E-state index contributed by atoms with van der Waals surface area (Å²) in [4.78, 5) is 0. The van der Waals surface area contributed by atoms with Crippen LogP contribution in [0.5, 0.6) is 0 Å². The van der Waals surface area contributed by atoms with Gasteiger partial charge in [-0.05, 0) is 67.2 Å². The zero-order chi connectivity index (χ0) is 14.8. The summed E-state index contributed by atoms with van der Waals surface area (Å²) in [6.45, 7) is 9.41. The Hall–Kier alpha value is -0.820. The van der Waals surface area contributed by atoms with Gasteiger partial charge in [-0.15, -0.1) is 0 Å². The Labute approximate surface area is 125 Å². The molecule has 1 heteroatoms. The van der Waals surface area contributed by atoms with Crippen LogP contribution >= 0.6 is 0 Å². The topological polar surface area (TPSA) is 12.0 Å². The lowest BCUT2D eigenvalue weighted by Crippen LogP contribution is -2.21. The summed E-state index contributed by atoms with van der Waals surface area (Å²) in [6, 6.07) is 7.65. The fourth-order valence-corrected chi connectivity index (χ4v) is 3.76. The largest absolute Gasteiger partial charge is 0.313 e. The molecule has 0 fully saturated rings. The van der Waals surface area contributed by atoms with E-state index in [2.05, 4.69) is 58.3 Å². The molecule has 1 aromatic carbocycles. The molecule has 0 saturated heterocycles. The first kappa shape index (κ1) is 15.6. The number of rotatable bonds is 5. The van der Waals surface area contributed by atoms with Gasteiger partial charge in [-0.1, -0.05) is 45.9 Å². The number of fused-ring (bicyclic) bond motifs is 1. The molecular weight excluding hydrogens is 242 g/mol. The van der Waals surface area contributed by atoms with E-state index in [1.54, 1.807) is 11.1 Å². The van der Waals surface area contributed by atoms with Gasteiger partial charge >= 0.3 is 0 Å². The van der Waals surface area contributed by atoms with Crippen LogP contribution in [0.4, 0.5) is 0 Å². The van der Waals surface area contributed by atoms with E-state index in [1.165, 1.54) is 37.7 Å². The number of hydrogen-bond donors (Lipinski definition) is 1. The molecular formula is C19H31N. The average Bonchev–Trinajstić information content (AvgIpc) is 2.80. The maximum absolute atomic E-state index is 3.53. The Balaban J connectivity index is 2.04. The first-order chi connectivity index (χ1) is 9.39. The van der Waals surface area contributed by atoms with E-state index < -0.39 is 0 Å². The van der Waals surface area contributed by atoms with Crippen molar-refractivity contribution in [1.29, 1.82) is 0 Å². The SMILES string of the molecule is CNC(CC(C)CC(C)(C)C)c1ccc2c(c1)CCC2. The van der Waals surface area contributed by atoms with Gasteiger partial charge in [0.2, 0.25) is 0 Å². The Morgan fingerprint density at radius 3 is 2.50 bits per heavy atom. The third-order valence-electron chi connectivity index (χ3n) is 4.47. The van der Waals surface area contributed by atoms with Crippen LogP contribution in [-0.2, 0) is 12.8 Å². The molecule has 2 unspecified atom stereocenters. The lowest BCUT2D eigenvalue weighted by molar-refractivity contribution is 0.279. The highest BCUT2D eigenvalue weighted by molar-refractivity contribution is 5.36. The normalized spacial score (nSPS) is 17.9. The van der Waals surface area contributed by atoms with Crippen molar-refractivity contribution in [3.8, 4) is 0 Å². The second kappa shape index (κ2) is 6.30. The molecule has 0 heterocycles. The van der Waals surface area contributed by atoms with Crippen LogP contribution in [0, 0.1) is 11.3 Å². The van der Waals surface area contributed by atoms with E-state index in [0.29, 0.717) is 11.5 Å². The lowest BCUT2D eigenvalue weighted by atomic mass is 9.82. The quantitative estimate of drug-likeness (QED) is 0.804. The van der Waals surface area contributed by atoms with Crippen molar-refractivity contribution >= 4 is 0 Å². The second-order valence-electron chi connectivity index (χ2n) is 7.83. The zero-order valence-corrected chi connectivity index (χ0v) is 13.9. The van der Waals surface area contributed by atoms with Crippen molar-refractivity contribution in [1.82, 2.24) is 5.32 Å². The number of hydrogen-bond acceptors (Lipinski definition) is 1. The molecule has 0 bridgehead atoms. The third kappa shape index (κ3) is 4.09. The monoisotopic (exact) mass is 273 g/mol. The Morgan fingerprint density at radius 1 is 1.15 bits per heavy atom. The van der Waals surface area contributed by atoms with Crippen molar-refractivity contribution in [2.75, 3.05) is 7.05 Å². The molecule has 2 atom stereocenters. The molecule has 0 amide bonds. The molecule has 1 nitrogen and oxygen atoms in total. The minimum Gasteiger partial charge on any atom is -0.313 e. The fraction of sp³-hybridized carbons (Fsp3) is 0.684. The van der Waals surface area contributed by atoms with Gasteiger partial charge in [0.05, 0.1) is 0 Å². The van der Waals surface area contributed by atoms with Crippen LogP contribution in [0.1, 0.15) is 69.7 Å².